The molecule has 0 bridgehead atoms. The molecule has 0 unspecified atom stereocenters. The molecular weight excluding hydrogens is 667 g/mol. The molecule has 0 aliphatic heterocycles. The van der Waals surface area contributed by atoms with Crippen molar-refractivity contribution in [2.45, 2.75) is 95.6 Å². The van der Waals surface area contributed by atoms with Gasteiger partial charge in [0, 0.05) is 41.0 Å². The normalized spacial score (nSPS) is 13.2. The van der Waals surface area contributed by atoms with E-state index in [2.05, 4.69) is 97.5 Å². The van der Waals surface area contributed by atoms with E-state index in [-0.39, 0.29) is 17.3 Å². The maximum atomic E-state index is 13.3. The summed E-state index contributed by atoms with van der Waals surface area (Å²) in [6.45, 7) is 9.98. The van der Waals surface area contributed by atoms with Gasteiger partial charge in [0.1, 0.15) is 17.9 Å². The number of benzene rings is 4. The number of nitrogens with zero attached hydrogens (tertiary/aromatic N) is 3. The second-order valence-electron chi connectivity index (χ2n) is 14.8. The standard InChI is InChI=1S/C43H47N5O3S/c1-5-6-15-37-46-39-40(48(37)26-31-21-20-30(33-11-7-8-12-34(31)33)25-44-38(49)24-28-16-17-28)35-13-9-10-14-36(35)45-41(39)47-42(50)51-27-29-18-22-32(23-19-29)52-43(2,3)4/h7-14,18-23,28H,5-6,15-17,24-27H2,1-4H3,(H,44,49)(H,45,47,50). The molecule has 1 fully saturated rings. The summed E-state index contributed by atoms with van der Waals surface area (Å²) in [5, 5.41) is 9.33. The smallest absolute Gasteiger partial charge is 0.413 e. The average Bonchev–Trinajstić information content (AvgIpc) is 3.87. The van der Waals surface area contributed by atoms with E-state index in [1.807, 2.05) is 30.3 Å². The number of aromatic nitrogens is 3. The number of hydrogen-bond acceptors (Lipinski definition) is 6. The lowest BCUT2D eigenvalue weighted by Crippen LogP contribution is -2.23. The first kappa shape index (κ1) is 35.5. The summed E-state index contributed by atoms with van der Waals surface area (Å²) in [4.78, 5) is 37.0. The summed E-state index contributed by atoms with van der Waals surface area (Å²) in [7, 11) is 0. The van der Waals surface area contributed by atoms with Gasteiger partial charge in [-0.1, -0.05) is 101 Å². The minimum absolute atomic E-state index is 0.118. The molecule has 1 aliphatic carbocycles. The molecule has 268 valence electrons. The first-order chi connectivity index (χ1) is 25.1. The maximum Gasteiger partial charge on any atom is 0.413 e. The van der Waals surface area contributed by atoms with Crippen LogP contribution in [0, 0.1) is 5.92 Å². The number of carbonyl (C=O) groups excluding carboxylic acids is 2. The number of thioether (sulfide) groups is 1. The molecule has 52 heavy (non-hydrogen) atoms. The molecule has 0 saturated heterocycles. The van der Waals surface area contributed by atoms with Gasteiger partial charge in [0.25, 0.3) is 0 Å². The van der Waals surface area contributed by atoms with Crippen molar-refractivity contribution < 1.29 is 14.3 Å². The maximum absolute atomic E-state index is 13.3. The molecule has 8 nitrogen and oxygen atoms in total. The summed E-state index contributed by atoms with van der Waals surface area (Å²) >= 11 is 1.80. The first-order valence-electron chi connectivity index (χ1n) is 18.4. The van der Waals surface area contributed by atoms with Crippen LogP contribution in [0.1, 0.15) is 82.3 Å². The quantitative estimate of drug-likeness (QED) is 0.116. The molecule has 2 N–H and O–H groups in total. The van der Waals surface area contributed by atoms with Crippen molar-refractivity contribution in [3.8, 4) is 0 Å². The van der Waals surface area contributed by atoms with Crippen molar-refractivity contribution >= 4 is 62.3 Å². The Morgan fingerprint density at radius 1 is 0.885 bits per heavy atom. The van der Waals surface area contributed by atoms with Gasteiger partial charge < -0.3 is 14.6 Å². The third kappa shape index (κ3) is 8.42. The number of nitrogens with one attached hydrogen (secondary N) is 2. The van der Waals surface area contributed by atoms with Gasteiger partial charge in [0.15, 0.2) is 5.82 Å². The highest BCUT2D eigenvalue weighted by Crippen LogP contribution is 2.35. The van der Waals surface area contributed by atoms with Gasteiger partial charge in [-0.25, -0.2) is 14.8 Å². The lowest BCUT2D eigenvalue weighted by molar-refractivity contribution is -0.121. The zero-order valence-electron chi connectivity index (χ0n) is 30.5. The van der Waals surface area contributed by atoms with Crippen LogP contribution < -0.4 is 10.6 Å². The van der Waals surface area contributed by atoms with Crippen LogP contribution in [-0.2, 0) is 35.6 Å². The molecule has 2 amide bonds. The lowest BCUT2D eigenvalue weighted by Gasteiger charge is -2.17. The number of rotatable bonds is 13. The summed E-state index contributed by atoms with van der Waals surface area (Å²) in [6, 6.07) is 28.9. The second-order valence-corrected chi connectivity index (χ2v) is 16.7. The van der Waals surface area contributed by atoms with Crippen molar-refractivity contribution in [2.24, 2.45) is 5.92 Å². The van der Waals surface area contributed by atoms with Crippen LogP contribution in [0.5, 0.6) is 0 Å². The molecule has 6 aromatic rings. The largest absolute Gasteiger partial charge is 0.444 e. The molecule has 1 aliphatic rings. The number of fused-ring (bicyclic) bond motifs is 4. The monoisotopic (exact) mass is 713 g/mol. The molecule has 1 saturated carbocycles. The first-order valence-corrected chi connectivity index (χ1v) is 19.2. The topological polar surface area (TPSA) is 98.1 Å². The molecule has 2 heterocycles. The highest BCUT2D eigenvalue weighted by atomic mass is 32.2. The molecule has 9 heteroatoms. The van der Waals surface area contributed by atoms with Crippen molar-refractivity contribution in [3.63, 3.8) is 0 Å². The van der Waals surface area contributed by atoms with Crippen LogP contribution in [-0.4, -0.2) is 31.3 Å². The van der Waals surface area contributed by atoms with E-state index >= 15 is 0 Å². The molecule has 7 rings (SSSR count). The number of imidazole rings is 1. The van der Waals surface area contributed by atoms with Gasteiger partial charge in [-0.05, 0) is 70.8 Å². The van der Waals surface area contributed by atoms with Crippen molar-refractivity contribution in [1.29, 1.82) is 0 Å². The Kier molecular flexibility index (Phi) is 10.5. The Bertz CT molecular complexity index is 2230. The van der Waals surface area contributed by atoms with Crippen LogP contribution in [0.15, 0.2) is 89.8 Å². The highest BCUT2D eigenvalue weighted by molar-refractivity contribution is 8.00. The van der Waals surface area contributed by atoms with Gasteiger partial charge in [0.2, 0.25) is 5.91 Å². The Hall–Kier alpha value is -4.89. The van der Waals surface area contributed by atoms with E-state index in [0.717, 1.165) is 81.8 Å². The van der Waals surface area contributed by atoms with E-state index in [4.69, 9.17) is 14.7 Å². The van der Waals surface area contributed by atoms with E-state index in [1.54, 1.807) is 11.8 Å². The number of para-hydroxylation sites is 1. The third-order valence-electron chi connectivity index (χ3n) is 9.43. The van der Waals surface area contributed by atoms with Crippen molar-refractivity contribution in [1.82, 2.24) is 19.9 Å². The van der Waals surface area contributed by atoms with Crippen LogP contribution in [0.3, 0.4) is 0 Å². The minimum atomic E-state index is -0.576. The minimum Gasteiger partial charge on any atom is -0.444 e. The van der Waals surface area contributed by atoms with E-state index in [1.165, 1.54) is 4.90 Å². The number of aryl methyl sites for hydroxylation is 1. The summed E-state index contributed by atoms with van der Waals surface area (Å²) in [6.07, 6.45) is 5.16. The number of pyridine rings is 1. The van der Waals surface area contributed by atoms with Crippen molar-refractivity contribution in [3.05, 3.63) is 107 Å². The zero-order valence-corrected chi connectivity index (χ0v) is 31.3. The van der Waals surface area contributed by atoms with Crippen molar-refractivity contribution in [2.75, 3.05) is 5.32 Å². The zero-order chi connectivity index (χ0) is 36.2. The lowest BCUT2D eigenvalue weighted by atomic mass is 9.99. The third-order valence-corrected chi connectivity index (χ3v) is 10.6. The fraction of sp³-hybridized carbons (Fsp3) is 0.349. The SMILES string of the molecule is CCCCc1nc2c(NC(=O)OCc3ccc(SC(C)(C)C)cc3)nc3ccccc3c2n1Cc1ccc(CNC(=O)CC2CC2)c2ccccc12. The Balaban J connectivity index is 1.19. The van der Waals surface area contributed by atoms with Crippen LogP contribution >= 0.6 is 11.8 Å². The number of ether oxygens (including phenoxy) is 1. The summed E-state index contributed by atoms with van der Waals surface area (Å²) < 4.78 is 8.10. The average molecular weight is 714 g/mol. The predicted octanol–water partition coefficient (Wildman–Crippen LogP) is 10.2. The number of unbranched alkanes of at least 4 members (excludes halogenated alkanes) is 1. The van der Waals surface area contributed by atoms with Crippen LogP contribution in [0.25, 0.3) is 32.7 Å². The van der Waals surface area contributed by atoms with Gasteiger partial charge >= 0.3 is 6.09 Å². The molecule has 2 aromatic heterocycles. The van der Waals surface area contributed by atoms with E-state index in [9.17, 15) is 9.59 Å². The number of amides is 2. The highest BCUT2D eigenvalue weighted by Gasteiger charge is 2.25. The molecule has 0 atom stereocenters. The Morgan fingerprint density at radius 2 is 1.58 bits per heavy atom. The van der Waals surface area contributed by atoms with Gasteiger partial charge in [-0.2, -0.15) is 0 Å². The Morgan fingerprint density at radius 3 is 2.29 bits per heavy atom. The molecular formula is C43H47N5O3S. The van der Waals surface area contributed by atoms with Gasteiger partial charge in [0.05, 0.1) is 11.0 Å². The number of carbonyl (C=O) groups is 2. The summed E-state index contributed by atoms with van der Waals surface area (Å²) in [5.74, 6) is 2.01. The fourth-order valence-corrected chi connectivity index (χ4v) is 7.67. The molecule has 4 aromatic carbocycles. The Labute approximate surface area is 309 Å². The molecule has 0 spiro atoms. The van der Waals surface area contributed by atoms with Gasteiger partial charge in [-0.3, -0.25) is 10.1 Å². The van der Waals surface area contributed by atoms with Crippen LogP contribution in [0.4, 0.5) is 10.6 Å². The van der Waals surface area contributed by atoms with Crippen LogP contribution in [0.2, 0.25) is 0 Å². The fourth-order valence-electron chi connectivity index (χ4n) is 6.69. The summed E-state index contributed by atoms with van der Waals surface area (Å²) in [5.41, 5.74) is 5.51. The van der Waals surface area contributed by atoms with E-state index < -0.39 is 6.09 Å². The van der Waals surface area contributed by atoms with Gasteiger partial charge in [-0.15, -0.1) is 11.8 Å². The second kappa shape index (κ2) is 15.4. The number of anilines is 1. The molecule has 0 radical (unpaired) electrons. The number of hydrogen-bond donors (Lipinski definition) is 2. The van der Waals surface area contributed by atoms with E-state index in [0.29, 0.717) is 36.8 Å². The predicted molar refractivity (Wildman–Crippen MR) is 212 cm³/mol.